The van der Waals surface area contributed by atoms with Gasteiger partial charge in [-0.05, 0) is 19.4 Å². The van der Waals surface area contributed by atoms with E-state index in [9.17, 15) is 8.78 Å². The highest BCUT2D eigenvalue weighted by molar-refractivity contribution is 8.14. The van der Waals surface area contributed by atoms with Crippen molar-refractivity contribution in [2.45, 2.75) is 26.0 Å². The van der Waals surface area contributed by atoms with Crippen molar-refractivity contribution >= 4 is 33.9 Å². The van der Waals surface area contributed by atoms with Crippen LogP contribution in [-0.2, 0) is 4.74 Å². The average Bonchev–Trinajstić information content (AvgIpc) is 3.04. The third kappa shape index (κ3) is 5.26. The molecular formula is C21H28F2N6O2S. The Labute approximate surface area is 188 Å². The number of alkyl halides is 2. The second-order valence-electron chi connectivity index (χ2n) is 7.88. The minimum absolute atomic E-state index is 0.0969. The van der Waals surface area contributed by atoms with E-state index >= 15 is 0 Å². The molecule has 2 aliphatic rings. The molecule has 2 saturated heterocycles. The van der Waals surface area contributed by atoms with E-state index in [1.54, 1.807) is 0 Å². The van der Waals surface area contributed by atoms with E-state index in [1.165, 1.54) is 12.3 Å². The molecule has 4 rings (SSSR count). The summed E-state index contributed by atoms with van der Waals surface area (Å²) in [5, 5.41) is 0. The molecule has 0 aromatic carbocycles. The van der Waals surface area contributed by atoms with E-state index in [0.29, 0.717) is 37.0 Å². The molecule has 2 aromatic rings. The maximum Gasteiger partial charge on any atom is 0.387 e. The van der Waals surface area contributed by atoms with Crippen LogP contribution in [0.4, 0.5) is 26.4 Å². The van der Waals surface area contributed by atoms with Crippen LogP contribution >= 0.6 is 10.5 Å². The van der Waals surface area contributed by atoms with Gasteiger partial charge in [-0.3, -0.25) is 0 Å². The first-order chi connectivity index (χ1) is 15.4. The molecule has 4 heterocycles. The molecule has 2 aromatic heterocycles. The minimum atomic E-state index is -2.99. The molecule has 2 fully saturated rings. The summed E-state index contributed by atoms with van der Waals surface area (Å²) < 4.78 is 35.7. The topological polar surface area (TPSA) is 89.6 Å². The number of halogens is 2. The molecule has 2 aliphatic heterocycles. The number of nitrogens with zero attached hydrogens (tertiary/aromatic N) is 5. The van der Waals surface area contributed by atoms with Crippen molar-refractivity contribution in [3.63, 3.8) is 0 Å². The zero-order valence-electron chi connectivity index (χ0n) is 18.0. The van der Waals surface area contributed by atoms with E-state index < -0.39 is 6.61 Å². The van der Waals surface area contributed by atoms with E-state index in [0.717, 1.165) is 36.8 Å². The lowest BCUT2D eigenvalue weighted by molar-refractivity contribution is -0.0494. The second-order valence-corrected chi connectivity index (χ2v) is 9.84. The minimum Gasteiger partial charge on any atom is -0.431 e. The van der Waals surface area contributed by atoms with Crippen molar-refractivity contribution in [3.05, 3.63) is 18.3 Å². The third-order valence-corrected chi connectivity index (χ3v) is 7.24. The first-order valence-electron chi connectivity index (χ1n) is 10.6. The smallest absolute Gasteiger partial charge is 0.387 e. The average molecular weight is 467 g/mol. The molecule has 32 heavy (non-hydrogen) atoms. The predicted molar refractivity (Wildman–Crippen MR) is 125 cm³/mol. The lowest BCUT2D eigenvalue weighted by Gasteiger charge is -2.36. The summed E-state index contributed by atoms with van der Waals surface area (Å²) >= 11 is 0. The van der Waals surface area contributed by atoms with Gasteiger partial charge in [0.15, 0.2) is 11.6 Å². The molecule has 2 unspecified atom stereocenters. The van der Waals surface area contributed by atoms with Gasteiger partial charge in [-0.1, -0.05) is 5.87 Å². The van der Waals surface area contributed by atoms with Crippen LogP contribution in [0.1, 0.15) is 13.3 Å². The number of nitrogen functional groups attached to an aromatic ring is 1. The maximum absolute atomic E-state index is 12.8. The van der Waals surface area contributed by atoms with E-state index in [4.69, 9.17) is 20.4 Å². The number of anilines is 3. The van der Waals surface area contributed by atoms with E-state index in [1.807, 2.05) is 6.07 Å². The molecule has 0 saturated carbocycles. The molecule has 174 valence electrons. The van der Waals surface area contributed by atoms with Crippen molar-refractivity contribution < 1.29 is 18.3 Å². The number of pyridine rings is 1. The Hall–Kier alpha value is -2.53. The van der Waals surface area contributed by atoms with Crippen molar-refractivity contribution in [3.8, 4) is 17.0 Å². The van der Waals surface area contributed by atoms with Crippen LogP contribution < -0.4 is 20.3 Å². The zero-order valence-corrected chi connectivity index (χ0v) is 18.9. The molecule has 0 bridgehead atoms. The van der Waals surface area contributed by atoms with Gasteiger partial charge < -0.3 is 25.0 Å². The number of aromatic nitrogens is 3. The van der Waals surface area contributed by atoms with Gasteiger partial charge in [-0.2, -0.15) is 24.2 Å². The molecule has 2 atom stereocenters. The van der Waals surface area contributed by atoms with E-state index in [2.05, 4.69) is 32.3 Å². The number of rotatable bonds is 5. The van der Waals surface area contributed by atoms with Gasteiger partial charge in [0.1, 0.15) is 5.82 Å². The van der Waals surface area contributed by atoms with Crippen LogP contribution in [0.25, 0.3) is 11.3 Å². The molecule has 8 nitrogen and oxygen atoms in total. The Morgan fingerprint density at radius 2 is 2.09 bits per heavy atom. The van der Waals surface area contributed by atoms with Crippen molar-refractivity contribution in [1.29, 1.82) is 0 Å². The largest absolute Gasteiger partial charge is 0.431 e. The standard InChI is InChI=1S/C21H28F2N6O2S/c1-14-13-32(2)9-6-29(14)18-11-16(15-10-17(31-20(22)23)19(24)25-12-15)26-21(27-18)28-4-3-7-30-8-5-28/h10-12,14,20H,2-9,13H2,1H3,(H2,24,25). The summed E-state index contributed by atoms with van der Waals surface area (Å²) in [6, 6.07) is 3.61. The Kier molecular flexibility index (Phi) is 7.04. The van der Waals surface area contributed by atoms with Crippen LogP contribution in [0.15, 0.2) is 18.3 Å². The van der Waals surface area contributed by atoms with Gasteiger partial charge >= 0.3 is 6.61 Å². The molecule has 0 radical (unpaired) electrons. The highest BCUT2D eigenvalue weighted by Crippen LogP contribution is 2.32. The number of hydrogen-bond acceptors (Lipinski definition) is 8. The predicted octanol–water partition coefficient (Wildman–Crippen LogP) is 2.86. The summed E-state index contributed by atoms with van der Waals surface area (Å²) in [5.41, 5.74) is 6.83. The van der Waals surface area contributed by atoms with Crippen LogP contribution in [0.2, 0.25) is 0 Å². The summed E-state index contributed by atoms with van der Waals surface area (Å²) in [5.74, 6) is 7.36. The van der Waals surface area contributed by atoms with Gasteiger partial charge in [0.2, 0.25) is 5.95 Å². The first kappa shape index (κ1) is 22.7. The lowest BCUT2D eigenvalue weighted by Crippen LogP contribution is -2.42. The van der Waals surface area contributed by atoms with Crippen LogP contribution in [0, 0.1) is 0 Å². The molecule has 0 aliphatic carbocycles. The molecule has 0 amide bonds. The lowest BCUT2D eigenvalue weighted by atomic mass is 10.2. The zero-order chi connectivity index (χ0) is 22.7. The highest BCUT2D eigenvalue weighted by Gasteiger charge is 2.24. The number of hydrogen-bond donors (Lipinski definition) is 1. The third-order valence-electron chi connectivity index (χ3n) is 5.52. The van der Waals surface area contributed by atoms with Gasteiger partial charge in [0.05, 0.1) is 12.3 Å². The van der Waals surface area contributed by atoms with Crippen LogP contribution in [0.5, 0.6) is 5.75 Å². The van der Waals surface area contributed by atoms with Gasteiger partial charge in [0.25, 0.3) is 0 Å². The fraction of sp³-hybridized carbons (Fsp3) is 0.524. The fourth-order valence-electron chi connectivity index (χ4n) is 3.89. The Morgan fingerprint density at radius 1 is 1.25 bits per heavy atom. The van der Waals surface area contributed by atoms with Gasteiger partial charge in [-0.15, -0.1) is 0 Å². The SMILES string of the molecule is C=S1CCN(c2cc(-c3cnc(N)c(OC(F)F)c3)nc(N3CCCOCC3)n2)C(C)C1. The Bertz CT molecular complexity index is 971. The van der Waals surface area contributed by atoms with Crippen molar-refractivity contribution in [1.82, 2.24) is 15.0 Å². The molecule has 2 N–H and O–H groups in total. The van der Waals surface area contributed by atoms with Crippen LogP contribution in [-0.4, -0.2) is 77.8 Å². The molecule has 11 heteroatoms. The van der Waals surface area contributed by atoms with E-state index in [-0.39, 0.29) is 28.1 Å². The first-order valence-corrected chi connectivity index (χ1v) is 12.3. The Morgan fingerprint density at radius 3 is 2.88 bits per heavy atom. The Balaban J connectivity index is 1.76. The summed E-state index contributed by atoms with van der Waals surface area (Å²) in [6.07, 6.45) is 2.39. The van der Waals surface area contributed by atoms with Crippen LogP contribution in [0.3, 0.4) is 0 Å². The number of ether oxygens (including phenoxy) is 2. The summed E-state index contributed by atoms with van der Waals surface area (Å²) in [6.45, 7) is 2.80. The molecule has 0 spiro atoms. The van der Waals surface area contributed by atoms with Crippen molar-refractivity contribution in [2.24, 2.45) is 0 Å². The normalized spacial score (nSPS) is 22.1. The second kappa shape index (κ2) is 9.95. The summed E-state index contributed by atoms with van der Waals surface area (Å²) in [7, 11) is 0.147. The molecular weight excluding hydrogens is 438 g/mol. The van der Waals surface area contributed by atoms with Crippen molar-refractivity contribution in [2.75, 3.05) is 59.9 Å². The van der Waals surface area contributed by atoms with Gasteiger partial charge in [-0.25, -0.2) is 9.97 Å². The monoisotopic (exact) mass is 466 g/mol. The quantitative estimate of drug-likeness (QED) is 0.673. The summed E-state index contributed by atoms with van der Waals surface area (Å²) in [4.78, 5) is 18.0. The fourth-order valence-corrected chi connectivity index (χ4v) is 5.38. The maximum atomic E-state index is 12.8. The van der Waals surface area contributed by atoms with Gasteiger partial charge in [0, 0.05) is 61.6 Å². The number of nitrogens with two attached hydrogens (primary N) is 1. The highest BCUT2D eigenvalue weighted by atomic mass is 32.2.